The summed E-state index contributed by atoms with van der Waals surface area (Å²) in [5.74, 6) is 0.598. The van der Waals surface area contributed by atoms with Crippen LogP contribution in [0.2, 0.25) is 0 Å². The Bertz CT molecular complexity index is 698. The topological polar surface area (TPSA) is 41.6 Å². The first-order valence-corrected chi connectivity index (χ1v) is 6.94. The molecule has 0 spiro atoms. The minimum absolute atomic E-state index is 0.121. The van der Waals surface area contributed by atoms with Gasteiger partial charge in [0.1, 0.15) is 5.75 Å². The number of amides is 1. The number of nitrogens with one attached hydrogen (secondary N) is 1. The molecule has 5 heteroatoms. The van der Waals surface area contributed by atoms with Gasteiger partial charge in [-0.25, -0.2) is 0 Å². The zero-order valence-electron chi connectivity index (χ0n) is 11.5. The first-order valence-electron chi connectivity index (χ1n) is 6.54. The summed E-state index contributed by atoms with van der Waals surface area (Å²) in [4.78, 5) is 14.1. The van der Waals surface area contributed by atoms with Gasteiger partial charge in [-0.2, -0.15) is 0 Å². The molecule has 106 valence electrons. The van der Waals surface area contributed by atoms with Gasteiger partial charge >= 0.3 is 0 Å². The molecule has 21 heavy (non-hydrogen) atoms. The number of anilines is 1. The first-order chi connectivity index (χ1) is 10.2. The minimum Gasteiger partial charge on any atom is -0.497 e. The summed E-state index contributed by atoms with van der Waals surface area (Å²) in [5, 5.41) is 3.52. The van der Waals surface area contributed by atoms with E-state index >= 15 is 0 Å². The molecule has 0 aliphatic carbocycles. The lowest BCUT2D eigenvalue weighted by atomic mass is 10.1. The van der Waals surface area contributed by atoms with Gasteiger partial charge in [0.05, 0.1) is 13.7 Å². The van der Waals surface area contributed by atoms with Gasteiger partial charge in [0.2, 0.25) is 0 Å². The lowest BCUT2D eigenvalue weighted by molar-refractivity contribution is 0.0841. The van der Waals surface area contributed by atoms with Gasteiger partial charge in [-0.15, -0.1) is 0 Å². The molecule has 0 aromatic heterocycles. The molecule has 0 unspecified atom stereocenters. The van der Waals surface area contributed by atoms with Crippen molar-refractivity contribution in [2.24, 2.45) is 0 Å². The third-order valence-electron chi connectivity index (χ3n) is 3.41. The highest BCUT2D eigenvalue weighted by Gasteiger charge is 2.25. The maximum Gasteiger partial charge on any atom is 0.260 e. The summed E-state index contributed by atoms with van der Waals surface area (Å²) in [7, 11) is 1.59. The molecular formula is C16H14N2O2S. The Morgan fingerprint density at radius 3 is 2.62 bits per heavy atom. The quantitative estimate of drug-likeness (QED) is 0.865. The van der Waals surface area contributed by atoms with E-state index in [1.54, 1.807) is 36.3 Å². The first kappa shape index (κ1) is 13.6. The van der Waals surface area contributed by atoms with Crippen LogP contribution in [0, 0.1) is 0 Å². The predicted octanol–water partition coefficient (Wildman–Crippen LogP) is 3.05. The molecule has 0 fully saturated rings. The molecule has 1 N–H and O–H groups in total. The average molecular weight is 298 g/mol. The highest BCUT2D eigenvalue weighted by Crippen LogP contribution is 2.24. The van der Waals surface area contributed by atoms with Crippen LogP contribution in [0.4, 0.5) is 5.69 Å². The third-order valence-corrected chi connectivity index (χ3v) is 3.74. The van der Waals surface area contributed by atoms with E-state index in [4.69, 9.17) is 17.0 Å². The smallest absolute Gasteiger partial charge is 0.260 e. The summed E-state index contributed by atoms with van der Waals surface area (Å²) in [6.45, 7) is 0.479. The van der Waals surface area contributed by atoms with Crippen LogP contribution in [0.5, 0.6) is 5.75 Å². The van der Waals surface area contributed by atoms with Crippen molar-refractivity contribution in [1.82, 2.24) is 4.90 Å². The Kier molecular flexibility index (Phi) is 3.58. The van der Waals surface area contributed by atoms with Crippen molar-refractivity contribution < 1.29 is 9.53 Å². The van der Waals surface area contributed by atoms with Crippen molar-refractivity contribution in [2.45, 2.75) is 6.54 Å². The Labute approximate surface area is 128 Å². The van der Waals surface area contributed by atoms with Gasteiger partial charge in [-0.3, -0.25) is 9.69 Å². The van der Waals surface area contributed by atoms with E-state index < -0.39 is 0 Å². The number of thiocarbonyl (C=S) groups is 1. The van der Waals surface area contributed by atoms with Crippen molar-refractivity contribution in [2.75, 3.05) is 12.4 Å². The Hall–Kier alpha value is -2.40. The zero-order valence-corrected chi connectivity index (χ0v) is 12.3. The molecule has 0 saturated heterocycles. The number of nitrogens with zero attached hydrogens (tertiary/aromatic N) is 1. The molecule has 0 atom stereocenters. The van der Waals surface area contributed by atoms with Crippen molar-refractivity contribution in [1.29, 1.82) is 0 Å². The lowest BCUT2D eigenvalue weighted by Crippen LogP contribution is -2.42. The summed E-state index contributed by atoms with van der Waals surface area (Å²) >= 11 is 5.30. The van der Waals surface area contributed by atoms with Crippen molar-refractivity contribution in [3.8, 4) is 5.75 Å². The molecule has 1 aliphatic rings. The number of para-hydroxylation sites is 1. The molecule has 0 bridgehead atoms. The monoisotopic (exact) mass is 298 g/mol. The maximum atomic E-state index is 12.6. The van der Waals surface area contributed by atoms with Gasteiger partial charge in [0.25, 0.3) is 5.91 Å². The SMILES string of the molecule is COc1ccc(C(=O)N2Cc3ccccc3NC2=S)cc1. The van der Waals surface area contributed by atoms with Crippen LogP contribution in [0.3, 0.4) is 0 Å². The van der Waals surface area contributed by atoms with Crippen LogP contribution in [-0.4, -0.2) is 23.0 Å². The number of ether oxygens (including phenoxy) is 1. The number of fused-ring (bicyclic) bond motifs is 1. The molecule has 3 rings (SSSR count). The Balaban J connectivity index is 1.86. The van der Waals surface area contributed by atoms with Gasteiger partial charge in [0, 0.05) is 11.3 Å². The highest BCUT2D eigenvalue weighted by atomic mass is 32.1. The van der Waals surface area contributed by atoms with Gasteiger partial charge in [0.15, 0.2) is 5.11 Å². The number of carbonyl (C=O) groups excluding carboxylic acids is 1. The number of rotatable bonds is 2. The highest BCUT2D eigenvalue weighted by molar-refractivity contribution is 7.80. The number of hydrogen-bond acceptors (Lipinski definition) is 3. The lowest BCUT2D eigenvalue weighted by Gasteiger charge is -2.30. The fourth-order valence-electron chi connectivity index (χ4n) is 2.26. The molecule has 0 radical (unpaired) electrons. The van der Waals surface area contributed by atoms with Crippen LogP contribution < -0.4 is 10.1 Å². The zero-order chi connectivity index (χ0) is 14.8. The summed E-state index contributed by atoms with van der Waals surface area (Å²) in [5.41, 5.74) is 2.59. The van der Waals surface area contributed by atoms with Gasteiger partial charge < -0.3 is 10.1 Å². The molecular weight excluding hydrogens is 284 g/mol. The normalized spacial score (nSPS) is 13.4. The minimum atomic E-state index is -0.121. The Morgan fingerprint density at radius 2 is 1.90 bits per heavy atom. The van der Waals surface area contributed by atoms with Crippen LogP contribution in [0.15, 0.2) is 48.5 Å². The fraction of sp³-hybridized carbons (Fsp3) is 0.125. The molecule has 1 aliphatic heterocycles. The van der Waals surface area contributed by atoms with E-state index in [9.17, 15) is 4.79 Å². The number of benzene rings is 2. The molecule has 1 heterocycles. The van der Waals surface area contributed by atoms with Crippen molar-refractivity contribution >= 4 is 28.9 Å². The van der Waals surface area contributed by atoms with Crippen molar-refractivity contribution in [3.63, 3.8) is 0 Å². The van der Waals surface area contributed by atoms with Crippen molar-refractivity contribution in [3.05, 3.63) is 59.7 Å². The molecule has 2 aromatic rings. The van der Waals surface area contributed by atoms with E-state index in [0.29, 0.717) is 17.2 Å². The molecule has 4 nitrogen and oxygen atoms in total. The number of carbonyl (C=O) groups is 1. The standard InChI is InChI=1S/C16H14N2O2S/c1-20-13-8-6-11(7-9-13)15(19)18-10-12-4-2-3-5-14(12)17-16(18)21/h2-9H,10H2,1H3,(H,17,21). The molecule has 2 aromatic carbocycles. The summed E-state index contributed by atoms with van der Waals surface area (Å²) in [6, 6.07) is 14.8. The van der Waals surface area contributed by atoms with E-state index in [-0.39, 0.29) is 5.91 Å². The van der Waals surface area contributed by atoms with Crippen LogP contribution in [-0.2, 0) is 6.54 Å². The fourth-order valence-corrected chi connectivity index (χ4v) is 2.52. The van der Waals surface area contributed by atoms with E-state index in [1.807, 2.05) is 24.3 Å². The largest absolute Gasteiger partial charge is 0.497 e. The maximum absolute atomic E-state index is 12.6. The number of methoxy groups -OCH3 is 1. The second kappa shape index (κ2) is 5.54. The van der Waals surface area contributed by atoms with E-state index in [2.05, 4.69) is 5.32 Å². The van der Waals surface area contributed by atoms with Gasteiger partial charge in [-0.1, -0.05) is 18.2 Å². The molecule has 1 amide bonds. The number of hydrogen-bond donors (Lipinski definition) is 1. The third kappa shape index (κ3) is 2.60. The second-order valence-electron chi connectivity index (χ2n) is 4.71. The van der Waals surface area contributed by atoms with Crippen LogP contribution in [0.1, 0.15) is 15.9 Å². The Morgan fingerprint density at radius 1 is 1.19 bits per heavy atom. The summed E-state index contributed by atoms with van der Waals surface area (Å²) < 4.78 is 5.10. The van der Waals surface area contributed by atoms with E-state index in [1.165, 1.54) is 0 Å². The average Bonchev–Trinajstić information content (AvgIpc) is 2.53. The second-order valence-corrected chi connectivity index (χ2v) is 5.09. The van der Waals surface area contributed by atoms with Crippen LogP contribution in [0.25, 0.3) is 0 Å². The summed E-state index contributed by atoms with van der Waals surface area (Å²) in [6.07, 6.45) is 0. The van der Waals surface area contributed by atoms with E-state index in [0.717, 1.165) is 17.0 Å². The molecule has 0 saturated carbocycles. The predicted molar refractivity (Wildman–Crippen MR) is 85.5 cm³/mol. The van der Waals surface area contributed by atoms with Crippen LogP contribution >= 0.6 is 12.2 Å². The van der Waals surface area contributed by atoms with Gasteiger partial charge in [-0.05, 0) is 48.1 Å².